The van der Waals surface area contributed by atoms with Crippen LogP contribution in [0.5, 0.6) is 0 Å². The fourth-order valence-electron chi connectivity index (χ4n) is 3.55. The van der Waals surface area contributed by atoms with Gasteiger partial charge in [0.05, 0.1) is 11.4 Å². The molecule has 6 nitrogen and oxygen atoms in total. The molecule has 1 aliphatic rings. The highest BCUT2D eigenvalue weighted by Crippen LogP contribution is 2.06. The van der Waals surface area contributed by atoms with Gasteiger partial charge in [-0.2, -0.15) is 0 Å². The Hall–Kier alpha value is -1.86. The van der Waals surface area contributed by atoms with Crippen molar-refractivity contribution < 1.29 is 0 Å². The van der Waals surface area contributed by atoms with Crippen LogP contribution in [0.3, 0.4) is 0 Å². The van der Waals surface area contributed by atoms with E-state index in [1.165, 1.54) is 0 Å². The molecule has 152 valence electrons. The molecule has 1 aliphatic heterocycles. The summed E-state index contributed by atoms with van der Waals surface area (Å²) in [7, 11) is 0. The Morgan fingerprint density at radius 2 is 1.14 bits per heavy atom. The molecule has 2 N–H and O–H groups in total. The number of pyridine rings is 2. The zero-order chi connectivity index (χ0) is 19.3. The summed E-state index contributed by atoms with van der Waals surface area (Å²) in [5.74, 6) is 0. The number of aromatic nitrogens is 2. The van der Waals surface area contributed by atoms with E-state index in [1.54, 1.807) is 0 Å². The Labute approximate surface area is 169 Å². The molecule has 3 heterocycles. The summed E-state index contributed by atoms with van der Waals surface area (Å²) < 4.78 is 0. The lowest BCUT2D eigenvalue weighted by atomic mass is 10.2. The number of hydrogen-bond donors (Lipinski definition) is 2. The number of hydrogen-bond acceptors (Lipinski definition) is 6. The van der Waals surface area contributed by atoms with Gasteiger partial charge in [0.25, 0.3) is 0 Å². The van der Waals surface area contributed by atoms with Crippen LogP contribution in [0.1, 0.15) is 24.2 Å². The Morgan fingerprint density at radius 1 is 0.643 bits per heavy atom. The summed E-state index contributed by atoms with van der Waals surface area (Å²) >= 11 is 0. The van der Waals surface area contributed by atoms with Crippen LogP contribution in [0.15, 0.2) is 48.8 Å². The van der Waals surface area contributed by atoms with Gasteiger partial charge in [-0.1, -0.05) is 12.1 Å². The van der Waals surface area contributed by atoms with Crippen molar-refractivity contribution in [2.75, 3.05) is 52.4 Å². The van der Waals surface area contributed by atoms with Gasteiger partial charge in [0.15, 0.2) is 0 Å². The largest absolute Gasteiger partial charge is 0.315 e. The summed E-state index contributed by atoms with van der Waals surface area (Å²) in [6.07, 6.45) is 6.10. The Kier molecular flexibility index (Phi) is 9.37. The lowest BCUT2D eigenvalue weighted by Crippen LogP contribution is -2.38. The minimum Gasteiger partial charge on any atom is -0.315 e. The number of nitrogens with zero attached hydrogens (tertiary/aromatic N) is 4. The highest BCUT2D eigenvalue weighted by molar-refractivity contribution is 5.04. The molecule has 2 aromatic heterocycles. The van der Waals surface area contributed by atoms with Gasteiger partial charge in [0.1, 0.15) is 0 Å². The van der Waals surface area contributed by atoms with Gasteiger partial charge in [0, 0.05) is 51.7 Å². The quantitative estimate of drug-likeness (QED) is 0.840. The highest BCUT2D eigenvalue weighted by Gasteiger charge is 2.12. The van der Waals surface area contributed by atoms with Crippen LogP contribution in [-0.4, -0.2) is 72.1 Å². The van der Waals surface area contributed by atoms with Crippen molar-refractivity contribution in [3.05, 3.63) is 60.2 Å². The topological polar surface area (TPSA) is 56.3 Å². The number of rotatable bonds is 4. The second-order valence-corrected chi connectivity index (χ2v) is 7.40. The highest BCUT2D eigenvalue weighted by atomic mass is 15.2. The average Bonchev–Trinajstić information content (AvgIpc) is 2.73. The van der Waals surface area contributed by atoms with E-state index in [9.17, 15) is 0 Å². The standard InChI is InChI=1S/C22H34N6/c1-3-11-25-21(7-1)19-27-15-5-9-23-13-14-24-10-6-16-28(18-17-27)20-22-8-2-4-12-26-22/h1-4,7-8,11-12,23-24H,5-6,9-10,13-20H2. The van der Waals surface area contributed by atoms with Crippen molar-refractivity contribution in [3.8, 4) is 0 Å². The van der Waals surface area contributed by atoms with Gasteiger partial charge in [-0.3, -0.25) is 19.8 Å². The lowest BCUT2D eigenvalue weighted by molar-refractivity contribution is 0.186. The smallest absolute Gasteiger partial charge is 0.0543 e. The molecule has 28 heavy (non-hydrogen) atoms. The van der Waals surface area contributed by atoms with Crippen LogP contribution < -0.4 is 10.6 Å². The third-order valence-corrected chi connectivity index (χ3v) is 5.09. The van der Waals surface area contributed by atoms with Gasteiger partial charge in [-0.05, 0) is 63.3 Å². The summed E-state index contributed by atoms with van der Waals surface area (Å²) in [5.41, 5.74) is 2.30. The van der Waals surface area contributed by atoms with E-state index >= 15 is 0 Å². The van der Waals surface area contributed by atoms with Crippen molar-refractivity contribution in [2.45, 2.75) is 25.9 Å². The first-order valence-electron chi connectivity index (χ1n) is 10.6. The third-order valence-electron chi connectivity index (χ3n) is 5.09. The van der Waals surface area contributed by atoms with E-state index in [-0.39, 0.29) is 0 Å². The minimum absolute atomic E-state index is 0.916. The van der Waals surface area contributed by atoms with Gasteiger partial charge in [-0.25, -0.2) is 0 Å². The zero-order valence-electron chi connectivity index (χ0n) is 16.9. The second kappa shape index (κ2) is 12.6. The molecule has 0 unspecified atom stereocenters. The molecule has 3 rings (SSSR count). The van der Waals surface area contributed by atoms with E-state index in [0.717, 1.165) is 89.7 Å². The van der Waals surface area contributed by atoms with Crippen LogP contribution in [0, 0.1) is 0 Å². The van der Waals surface area contributed by atoms with Crippen LogP contribution in [0.4, 0.5) is 0 Å². The maximum absolute atomic E-state index is 4.53. The second-order valence-electron chi connectivity index (χ2n) is 7.40. The first kappa shape index (κ1) is 20.9. The molecule has 0 amide bonds. The molecular weight excluding hydrogens is 348 g/mol. The molecule has 0 spiro atoms. The molecular formula is C22H34N6. The van der Waals surface area contributed by atoms with Crippen LogP contribution in [-0.2, 0) is 13.1 Å². The molecule has 0 atom stereocenters. The van der Waals surface area contributed by atoms with Crippen molar-refractivity contribution in [1.82, 2.24) is 30.4 Å². The van der Waals surface area contributed by atoms with Crippen molar-refractivity contribution >= 4 is 0 Å². The summed E-state index contributed by atoms with van der Waals surface area (Å²) in [4.78, 5) is 14.1. The zero-order valence-corrected chi connectivity index (χ0v) is 16.9. The number of nitrogens with one attached hydrogen (secondary N) is 2. The van der Waals surface area contributed by atoms with Gasteiger partial charge >= 0.3 is 0 Å². The maximum atomic E-state index is 4.53. The van der Waals surface area contributed by atoms with E-state index in [4.69, 9.17) is 0 Å². The Bertz CT molecular complexity index is 578. The molecule has 6 heteroatoms. The third kappa shape index (κ3) is 8.02. The molecule has 0 aliphatic carbocycles. The first-order chi connectivity index (χ1) is 13.9. The van der Waals surface area contributed by atoms with Crippen molar-refractivity contribution in [2.24, 2.45) is 0 Å². The molecule has 0 bridgehead atoms. The molecule has 2 aromatic rings. The summed E-state index contributed by atoms with van der Waals surface area (Å²) in [5, 5.41) is 7.08. The van der Waals surface area contributed by atoms with E-state index < -0.39 is 0 Å². The molecule has 1 fully saturated rings. The lowest BCUT2D eigenvalue weighted by Gasteiger charge is -2.28. The van der Waals surface area contributed by atoms with Crippen molar-refractivity contribution in [1.29, 1.82) is 0 Å². The predicted molar refractivity (Wildman–Crippen MR) is 114 cm³/mol. The van der Waals surface area contributed by atoms with E-state index in [2.05, 4.69) is 54.7 Å². The Balaban J connectivity index is 1.61. The maximum Gasteiger partial charge on any atom is 0.0543 e. The normalized spacial score (nSPS) is 19.1. The first-order valence-corrected chi connectivity index (χ1v) is 10.6. The fraction of sp³-hybridized carbons (Fsp3) is 0.545. The molecule has 0 saturated carbocycles. The van der Waals surface area contributed by atoms with Crippen LogP contribution in [0.2, 0.25) is 0 Å². The van der Waals surface area contributed by atoms with Gasteiger partial charge in [-0.15, -0.1) is 0 Å². The van der Waals surface area contributed by atoms with Crippen LogP contribution in [0.25, 0.3) is 0 Å². The molecule has 1 saturated heterocycles. The molecule has 0 radical (unpaired) electrons. The van der Waals surface area contributed by atoms with Crippen LogP contribution >= 0.6 is 0 Å². The summed E-state index contributed by atoms with van der Waals surface area (Å²) in [6.45, 7) is 10.3. The van der Waals surface area contributed by atoms with Crippen molar-refractivity contribution in [3.63, 3.8) is 0 Å². The van der Waals surface area contributed by atoms with E-state index in [1.807, 2.05) is 24.5 Å². The van der Waals surface area contributed by atoms with Gasteiger partial charge in [0.2, 0.25) is 0 Å². The van der Waals surface area contributed by atoms with Gasteiger partial charge < -0.3 is 10.6 Å². The minimum atomic E-state index is 0.916. The Morgan fingerprint density at radius 3 is 1.57 bits per heavy atom. The fourth-order valence-corrected chi connectivity index (χ4v) is 3.55. The summed E-state index contributed by atoms with van der Waals surface area (Å²) in [6, 6.07) is 12.4. The predicted octanol–water partition coefficient (Wildman–Crippen LogP) is 1.75. The molecule has 0 aromatic carbocycles. The average molecular weight is 383 g/mol. The van der Waals surface area contributed by atoms with E-state index in [0.29, 0.717) is 0 Å². The SMILES string of the molecule is c1ccc(CN2CCCNCCNCCCN(Cc3ccccn3)CC2)nc1. The monoisotopic (exact) mass is 382 g/mol.